The Morgan fingerprint density at radius 3 is 2.57 bits per heavy atom. The van der Waals surface area contributed by atoms with E-state index >= 15 is 0 Å². The summed E-state index contributed by atoms with van der Waals surface area (Å²) >= 11 is 0. The second-order valence-corrected chi connectivity index (χ2v) is 6.30. The first kappa shape index (κ1) is 16.0. The van der Waals surface area contributed by atoms with Crippen molar-refractivity contribution in [2.45, 2.75) is 38.1 Å². The summed E-state index contributed by atoms with van der Waals surface area (Å²) in [5.74, 6) is 0.827. The Kier molecular flexibility index (Phi) is 5.78. The van der Waals surface area contributed by atoms with Gasteiger partial charge >= 0.3 is 0 Å². The Labute approximate surface area is 129 Å². The molecule has 0 spiro atoms. The van der Waals surface area contributed by atoms with Gasteiger partial charge in [0.2, 0.25) is 0 Å². The molecule has 3 heteroatoms. The Bertz CT molecular complexity index is 461. The van der Waals surface area contributed by atoms with Gasteiger partial charge in [-0.3, -0.25) is 5.32 Å². The first-order valence-corrected chi connectivity index (χ1v) is 8.10. The number of hydrogen-bond donors (Lipinski definition) is 1. The van der Waals surface area contributed by atoms with Crippen molar-refractivity contribution in [1.82, 2.24) is 10.2 Å². The van der Waals surface area contributed by atoms with E-state index in [-0.39, 0.29) is 0 Å². The molecule has 1 aromatic rings. The Morgan fingerprint density at radius 2 is 2.05 bits per heavy atom. The van der Waals surface area contributed by atoms with E-state index in [4.69, 9.17) is 0 Å². The summed E-state index contributed by atoms with van der Waals surface area (Å²) in [4.78, 5) is 2.32. The van der Waals surface area contributed by atoms with Crippen LogP contribution in [0.1, 0.15) is 38.2 Å². The molecule has 0 aromatic heterocycles. The second-order valence-electron chi connectivity index (χ2n) is 6.30. The molecule has 1 aromatic carbocycles. The van der Waals surface area contributed by atoms with Crippen LogP contribution in [-0.4, -0.2) is 31.6 Å². The molecule has 1 fully saturated rings. The lowest BCUT2D eigenvalue weighted by Gasteiger charge is -2.36. The van der Waals surface area contributed by atoms with Gasteiger partial charge in [0.15, 0.2) is 0 Å². The fourth-order valence-corrected chi connectivity index (χ4v) is 3.04. The molecule has 1 atom stereocenters. The highest BCUT2D eigenvalue weighted by molar-refractivity contribution is 5.32. The average Bonchev–Trinajstić information content (AvgIpc) is 2.48. The monoisotopic (exact) mass is 285 g/mol. The molecule has 2 rings (SSSR count). The van der Waals surface area contributed by atoms with Gasteiger partial charge in [0.25, 0.3) is 0 Å². The maximum atomic E-state index is 9.87. The fraction of sp³-hybridized carbons (Fsp3) is 0.611. The van der Waals surface area contributed by atoms with Gasteiger partial charge in [0.1, 0.15) is 5.54 Å². The summed E-state index contributed by atoms with van der Waals surface area (Å²) in [6.07, 6.45) is 5.09. The molecule has 0 heterocycles. The van der Waals surface area contributed by atoms with Crippen molar-refractivity contribution in [3.63, 3.8) is 0 Å². The zero-order valence-electron chi connectivity index (χ0n) is 13.3. The van der Waals surface area contributed by atoms with Gasteiger partial charge in [0.05, 0.1) is 6.07 Å². The van der Waals surface area contributed by atoms with E-state index in [1.54, 1.807) is 0 Å². The molecule has 1 unspecified atom stereocenters. The lowest BCUT2D eigenvalue weighted by molar-refractivity contribution is 0.175. The summed E-state index contributed by atoms with van der Waals surface area (Å²) in [5, 5.41) is 13.4. The van der Waals surface area contributed by atoms with E-state index in [1.165, 1.54) is 19.3 Å². The highest BCUT2D eigenvalue weighted by Gasteiger charge is 2.33. The van der Waals surface area contributed by atoms with Crippen LogP contribution >= 0.6 is 0 Å². The van der Waals surface area contributed by atoms with Crippen LogP contribution < -0.4 is 5.32 Å². The molecular formula is C18H27N3. The van der Waals surface area contributed by atoms with Crippen LogP contribution in [0.4, 0.5) is 0 Å². The third-order valence-electron chi connectivity index (χ3n) is 4.44. The van der Waals surface area contributed by atoms with Gasteiger partial charge in [0, 0.05) is 13.1 Å². The lowest BCUT2D eigenvalue weighted by atomic mass is 9.84. The van der Waals surface area contributed by atoms with Crippen molar-refractivity contribution in [2.24, 2.45) is 5.92 Å². The Hall–Kier alpha value is -1.37. The first-order valence-electron chi connectivity index (χ1n) is 8.10. The number of likely N-dealkylation sites (N-methyl/N-ethyl adjacent to an activating group) is 1. The third-order valence-corrected chi connectivity index (χ3v) is 4.44. The number of benzene rings is 1. The van der Waals surface area contributed by atoms with E-state index < -0.39 is 5.54 Å². The molecule has 3 nitrogen and oxygen atoms in total. The highest BCUT2D eigenvalue weighted by atomic mass is 15.1. The molecule has 114 valence electrons. The number of rotatable bonds is 8. The molecular weight excluding hydrogens is 258 g/mol. The van der Waals surface area contributed by atoms with Gasteiger partial charge in [-0.1, -0.05) is 43.7 Å². The molecule has 0 radical (unpaired) electrons. The van der Waals surface area contributed by atoms with Crippen molar-refractivity contribution in [3.05, 3.63) is 35.9 Å². The van der Waals surface area contributed by atoms with Crippen molar-refractivity contribution < 1.29 is 0 Å². The molecule has 1 aliphatic rings. The molecule has 0 saturated heterocycles. The van der Waals surface area contributed by atoms with Crippen LogP contribution in [-0.2, 0) is 5.54 Å². The van der Waals surface area contributed by atoms with Crippen molar-refractivity contribution >= 4 is 0 Å². The minimum absolute atomic E-state index is 0.601. The number of hydrogen-bond acceptors (Lipinski definition) is 3. The summed E-state index contributed by atoms with van der Waals surface area (Å²) in [7, 11) is 2.14. The van der Waals surface area contributed by atoms with Crippen molar-refractivity contribution in [1.29, 1.82) is 5.26 Å². The van der Waals surface area contributed by atoms with Gasteiger partial charge in [-0.2, -0.15) is 5.26 Å². The molecule has 0 aliphatic heterocycles. The molecule has 0 bridgehead atoms. The number of nitrogens with zero attached hydrogens (tertiary/aromatic N) is 2. The average molecular weight is 285 g/mol. The second kappa shape index (κ2) is 7.59. The van der Waals surface area contributed by atoms with E-state index in [9.17, 15) is 5.26 Å². The van der Waals surface area contributed by atoms with E-state index in [0.29, 0.717) is 0 Å². The maximum Gasteiger partial charge on any atom is 0.145 e. The number of nitriles is 1. The van der Waals surface area contributed by atoms with Crippen LogP contribution in [0.3, 0.4) is 0 Å². The zero-order valence-corrected chi connectivity index (χ0v) is 13.3. The molecule has 1 N–H and O–H groups in total. The van der Waals surface area contributed by atoms with Crippen LogP contribution in [0, 0.1) is 17.2 Å². The van der Waals surface area contributed by atoms with E-state index in [1.807, 2.05) is 18.2 Å². The molecule has 1 aliphatic carbocycles. The predicted octanol–water partition coefficient (Wildman–Crippen LogP) is 3.14. The Morgan fingerprint density at radius 1 is 1.33 bits per heavy atom. The van der Waals surface area contributed by atoms with Gasteiger partial charge < -0.3 is 4.90 Å². The molecule has 1 saturated carbocycles. The summed E-state index contributed by atoms with van der Waals surface area (Å²) in [5.41, 5.74) is 0.469. The minimum Gasteiger partial charge on any atom is -0.303 e. The fourth-order valence-electron chi connectivity index (χ4n) is 3.04. The van der Waals surface area contributed by atoms with Crippen LogP contribution in [0.5, 0.6) is 0 Å². The largest absolute Gasteiger partial charge is 0.303 e. The first-order chi connectivity index (χ1) is 10.2. The highest BCUT2D eigenvalue weighted by Crippen LogP contribution is 2.28. The topological polar surface area (TPSA) is 39.1 Å². The standard InChI is InChI=1S/C18H27N3/c1-3-12-20-18(14-19,17-10-5-4-6-11-17)15-21(2)13-16-8-7-9-16/h4-6,10-11,16,20H,3,7-9,12-13,15H2,1-2H3. The van der Waals surface area contributed by atoms with Gasteiger partial charge in [-0.25, -0.2) is 0 Å². The van der Waals surface area contributed by atoms with E-state index in [2.05, 4.69) is 42.4 Å². The summed E-state index contributed by atoms with van der Waals surface area (Å²) in [6, 6.07) is 12.7. The summed E-state index contributed by atoms with van der Waals surface area (Å²) in [6.45, 7) is 4.84. The molecule has 21 heavy (non-hydrogen) atoms. The van der Waals surface area contributed by atoms with Crippen molar-refractivity contribution in [2.75, 3.05) is 26.7 Å². The van der Waals surface area contributed by atoms with Gasteiger partial charge in [-0.15, -0.1) is 0 Å². The van der Waals surface area contributed by atoms with Crippen LogP contribution in [0.25, 0.3) is 0 Å². The quantitative estimate of drug-likeness (QED) is 0.797. The minimum atomic E-state index is -0.601. The maximum absolute atomic E-state index is 9.87. The van der Waals surface area contributed by atoms with Crippen LogP contribution in [0.15, 0.2) is 30.3 Å². The summed E-state index contributed by atoms with van der Waals surface area (Å²) < 4.78 is 0. The third kappa shape index (κ3) is 4.06. The smallest absolute Gasteiger partial charge is 0.145 e. The Balaban J connectivity index is 2.12. The van der Waals surface area contributed by atoms with Crippen molar-refractivity contribution in [3.8, 4) is 6.07 Å². The van der Waals surface area contributed by atoms with Gasteiger partial charge in [-0.05, 0) is 44.3 Å². The predicted molar refractivity (Wildman–Crippen MR) is 86.9 cm³/mol. The molecule has 0 amide bonds. The van der Waals surface area contributed by atoms with Crippen LogP contribution in [0.2, 0.25) is 0 Å². The number of nitrogens with one attached hydrogen (secondary N) is 1. The van der Waals surface area contributed by atoms with E-state index in [0.717, 1.165) is 37.5 Å². The normalized spacial score (nSPS) is 18.0. The zero-order chi connectivity index (χ0) is 15.1. The lowest BCUT2D eigenvalue weighted by Crippen LogP contribution is -2.50. The SMILES string of the molecule is CCCNC(C#N)(CN(C)CC1CCC1)c1ccccc1.